The second kappa shape index (κ2) is 12.5. The number of hydrogen-bond acceptors (Lipinski definition) is 5. The zero-order chi connectivity index (χ0) is 29.1. The van der Waals surface area contributed by atoms with Crippen LogP contribution in [0.3, 0.4) is 0 Å². The number of aliphatic hydroxyl groups is 1. The summed E-state index contributed by atoms with van der Waals surface area (Å²) >= 11 is 12.3. The summed E-state index contributed by atoms with van der Waals surface area (Å²) in [5, 5.41) is 13.8. The van der Waals surface area contributed by atoms with Gasteiger partial charge in [-0.25, -0.2) is 8.78 Å². The Balaban J connectivity index is 1.79. The molecular weight excluding hydrogens is 561 g/mol. The second-order valence-corrected chi connectivity index (χ2v) is 10.6. The molecule has 212 valence electrons. The van der Waals surface area contributed by atoms with Crippen LogP contribution in [-0.2, 0) is 9.59 Å². The monoisotopic (exact) mass is 590 g/mol. The van der Waals surface area contributed by atoms with Crippen LogP contribution in [0.15, 0.2) is 66.7 Å². The van der Waals surface area contributed by atoms with Crippen LogP contribution in [0.4, 0.5) is 14.5 Å². The van der Waals surface area contributed by atoms with Crippen LogP contribution in [0.25, 0.3) is 0 Å². The quantitative estimate of drug-likeness (QED) is 0.327. The highest BCUT2D eigenvalue weighted by Crippen LogP contribution is 2.40. The first-order chi connectivity index (χ1) is 19.0. The van der Waals surface area contributed by atoms with Crippen molar-refractivity contribution in [3.05, 3.63) is 99.5 Å². The molecule has 1 fully saturated rings. The molecule has 0 aromatic heterocycles. The predicted molar refractivity (Wildman–Crippen MR) is 151 cm³/mol. The number of primary amides is 1. The molecule has 1 aliphatic rings. The van der Waals surface area contributed by atoms with E-state index < -0.39 is 53.7 Å². The zero-order valence-electron chi connectivity index (χ0n) is 21.9. The number of benzene rings is 3. The van der Waals surface area contributed by atoms with Crippen molar-refractivity contribution in [3.63, 3.8) is 0 Å². The SMILES string of the molecule is CCN(c1cc(F)cc(F)c1)C1CN(C(c2ccc(Cl)cc2)c2ccc(Cl)cc2)C1C(=O)NC(C(N)=O)C(C)O. The Morgan fingerprint density at radius 1 is 1.02 bits per heavy atom. The van der Waals surface area contributed by atoms with Crippen molar-refractivity contribution >= 4 is 40.7 Å². The number of nitrogens with zero attached hydrogens (tertiary/aromatic N) is 2. The lowest BCUT2D eigenvalue weighted by Gasteiger charge is -2.55. The molecule has 4 N–H and O–H groups in total. The number of nitrogens with two attached hydrogens (primary N) is 1. The van der Waals surface area contributed by atoms with Crippen molar-refractivity contribution in [1.82, 2.24) is 10.2 Å². The summed E-state index contributed by atoms with van der Waals surface area (Å²) in [6, 6.07) is 14.4. The molecule has 2 amide bonds. The van der Waals surface area contributed by atoms with Gasteiger partial charge in [-0.3, -0.25) is 14.5 Å². The van der Waals surface area contributed by atoms with Crippen molar-refractivity contribution in [1.29, 1.82) is 0 Å². The van der Waals surface area contributed by atoms with Crippen LogP contribution in [0.2, 0.25) is 10.0 Å². The smallest absolute Gasteiger partial charge is 0.242 e. The van der Waals surface area contributed by atoms with Crippen molar-refractivity contribution in [3.8, 4) is 0 Å². The van der Waals surface area contributed by atoms with Gasteiger partial charge in [-0.15, -0.1) is 0 Å². The maximum Gasteiger partial charge on any atom is 0.242 e. The molecule has 0 radical (unpaired) electrons. The summed E-state index contributed by atoms with van der Waals surface area (Å²) in [5.74, 6) is -2.94. The molecule has 1 saturated heterocycles. The number of likely N-dealkylation sites (N-methyl/N-ethyl adjacent to an activating group) is 1. The number of aliphatic hydroxyl groups excluding tert-OH is 1. The van der Waals surface area contributed by atoms with E-state index in [0.29, 0.717) is 23.1 Å². The van der Waals surface area contributed by atoms with Crippen LogP contribution < -0.4 is 16.0 Å². The third-order valence-corrected chi connectivity index (χ3v) is 7.60. The van der Waals surface area contributed by atoms with E-state index in [4.69, 9.17) is 28.9 Å². The zero-order valence-corrected chi connectivity index (χ0v) is 23.4. The fourth-order valence-corrected chi connectivity index (χ4v) is 5.47. The van der Waals surface area contributed by atoms with Gasteiger partial charge < -0.3 is 21.1 Å². The lowest BCUT2D eigenvalue weighted by molar-refractivity contribution is -0.138. The Bertz CT molecular complexity index is 1290. The fraction of sp³-hybridized carbons (Fsp3) is 0.310. The maximum atomic E-state index is 14.2. The van der Waals surface area contributed by atoms with Gasteiger partial charge >= 0.3 is 0 Å². The summed E-state index contributed by atoms with van der Waals surface area (Å²) in [6.07, 6.45) is -1.24. The first-order valence-corrected chi connectivity index (χ1v) is 13.5. The highest BCUT2D eigenvalue weighted by atomic mass is 35.5. The molecule has 3 aromatic carbocycles. The minimum Gasteiger partial charge on any atom is -0.391 e. The van der Waals surface area contributed by atoms with E-state index >= 15 is 0 Å². The summed E-state index contributed by atoms with van der Waals surface area (Å²) in [4.78, 5) is 29.5. The van der Waals surface area contributed by atoms with Crippen molar-refractivity contribution in [2.24, 2.45) is 5.73 Å². The Morgan fingerprint density at radius 2 is 1.52 bits per heavy atom. The van der Waals surface area contributed by atoms with Gasteiger partial charge in [0.2, 0.25) is 11.8 Å². The van der Waals surface area contributed by atoms with Crippen molar-refractivity contribution < 1.29 is 23.5 Å². The number of halogens is 4. The van der Waals surface area contributed by atoms with Gasteiger partial charge in [-0.05, 0) is 61.4 Å². The van der Waals surface area contributed by atoms with Gasteiger partial charge in [-0.1, -0.05) is 47.5 Å². The lowest BCUT2D eigenvalue weighted by Crippen LogP contribution is -2.73. The van der Waals surface area contributed by atoms with E-state index in [2.05, 4.69) is 5.32 Å². The Labute approximate surface area is 241 Å². The van der Waals surface area contributed by atoms with Gasteiger partial charge in [-0.2, -0.15) is 0 Å². The number of carbonyl (C=O) groups excluding carboxylic acids is 2. The molecule has 11 heteroatoms. The number of hydrogen-bond donors (Lipinski definition) is 3. The van der Waals surface area contributed by atoms with E-state index in [1.54, 1.807) is 29.2 Å². The third kappa shape index (κ3) is 6.39. The van der Waals surface area contributed by atoms with Crippen LogP contribution in [0, 0.1) is 11.6 Å². The highest BCUT2D eigenvalue weighted by Gasteiger charge is 2.51. The molecule has 1 aliphatic heterocycles. The minimum absolute atomic E-state index is 0.277. The van der Waals surface area contributed by atoms with Gasteiger partial charge in [0.05, 0.1) is 18.2 Å². The molecule has 0 bridgehead atoms. The normalized spacial score (nSPS) is 18.6. The van der Waals surface area contributed by atoms with Gasteiger partial charge in [0, 0.05) is 34.9 Å². The Morgan fingerprint density at radius 3 is 1.95 bits per heavy atom. The molecule has 0 saturated carbocycles. The first kappa shape index (κ1) is 29.7. The fourth-order valence-electron chi connectivity index (χ4n) is 5.22. The minimum atomic E-state index is -1.33. The molecule has 1 heterocycles. The molecule has 7 nitrogen and oxygen atoms in total. The van der Waals surface area contributed by atoms with Crippen molar-refractivity contribution in [2.45, 2.75) is 44.1 Å². The molecule has 4 rings (SSSR count). The van der Waals surface area contributed by atoms with E-state index in [1.165, 1.54) is 19.1 Å². The molecule has 0 aliphatic carbocycles. The number of anilines is 1. The van der Waals surface area contributed by atoms with Crippen LogP contribution in [-0.4, -0.2) is 59.1 Å². The summed E-state index contributed by atoms with van der Waals surface area (Å²) in [6.45, 7) is 3.84. The predicted octanol–water partition coefficient (Wildman–Crippen LogP) is 4.29. The molecule has 0 spiro atoms. The van der Waals surface area contributed by atoms with E-state index in [1.807, 2.05) is 36.1 Å². The largest absolute Gasteiger partial charge is 0.391 e. The second-order valence-electron chi connectivity index (χ2n) is 9.76. The average molecular weight is 591 g/mol. The number of amides is 2. The lowest BCUT2D eigenvalue weighted by atomic mass is 9.85. The topological polar surface area (TPSA) is 98.9 Å². The first-order valence-electron chi connectivity index (χ1n) is 12.8. The van der Waals surface area contributed by atoms with Crippen LogP contribution in [0.1, 0.15) is 31.0 Å². The number of likely N-dealkylation sites (tertiary alicyclic amines) is 1. The van der Waals surface area contributed by atoms with Gasteiger partial charge in [0.15, 0.2) is 0 Å². The van der Waals surface area contributed by atoms with E-state index in [-0.39, 0.29) is 5.69 Å². The third-order valence-electron chi connectivity index (χ3n) is 7.10. The van der Waals surface area contributed by atoms with E-state index in [9.17, 15) is 23.5 Å². The summed E-state index contributed by atoms with van der Waals surface area (Å²) in [7, 11) is 0. The maximum absolute atomic E-state index is 14.2. The van der Waals surface area contributed by atoms with Gasteiger partial charge in [0.1, 0.15) is 23.7 Å². The number of nitrogens with one attached hydrogen (secondary N) is 1. The van der Waals surface area contributed by atoms with E-state index in [0.717, 1.165) is 17.2 Å². The Kier molecular flexibility index (Phi) is 9.30. The average Bonchev–Trinajstić information content (AvgIpc) is 2.87. The summed E-state index contributed by atoms with van der Waals surface area (Å²) < 4.78 is 28.3. The number of rotatable bonds is 10. The van der Waals surface area contributed by atoms with Crippen LogP contribution >= 0.6 is 23.2 Å². The molecule has 4 atom stereocenters. The molecule has 3 aromatic rings. The number of carbonyl (C=O) groups is 2. The molecular formula is C29H30Cl2F2N4O3. The Hall–Kier alpha value is -3.24. The van der Waals surface area contributed by atoms with Gasteiger partial charge in [0.25, 0.3) is 0 Å². The molecule has 4 unspecified atom stereocenters. The van der Waals surface area contributed by atoms with Crippen LogP contribution in [0.5, 0.6) is 0 Å². The standard InChI is InChI=1S/C29H30Cl2F2N4O3/c1-3-36(23-13-21(32)12-22(33)14-23)24-15-37(27(24)29(40)35-25(16(2)38)28(34)39)26(17-4-8-19(30)9-5-17)18-6-10-20(31)11-7-18/h4-14,16,24-27,38H,3,15H2,1-2H3,(H2,34,39)(H,35,40). The van der Waals surface area contributed by atoms with Crippen molar-refractivity contribution in [2.75, 3.05) is 18.0 Å². The highest BCUT2D eigenvalue weighted by molar-refractivity contribution is 6.30. The summed E-state index contributed by atoms with van der Waals surface area (Å²) in [5.41, 5.74) is 7.40. The molecule has 40 heavy (non-hydrogen) atoms.